The van der Waals surface area contributed by atoms with E-state index in [9.17, 15) is 14.0 Å². The van der Waals surface area contributed by atoms with Crippen LogP contribution in [0.5, 0.6) is 0 Å². The number of carbonyl (C=O) groups excluding carboxylic acids is 2. The van der Waals surface area contributed by atoms with Crippen molar-refractivity contribution in [1.82, 2.24) is 15.1 Å². The van der Waals surface area contributed by atoms with Gasteiger partial charge in [-0.25, -0.2) is 9.18 Å². The Hall–Kier alpha value is -2.84. The molecule has 1 saturated heterocycles. The number of nitrogens with one attached hydrogen (secondary N) is 3. The van der Waals surface area contributed by atoms with Crippen molar-refractivity contribution < 1.29 is 18.7 Å². The SMILES string of the molecule is CNC(=N)Nc1ccc(C(=O)N2CCN(C(=O)OC(C)(C)C)CC2)c(F)c1. The zero-order valence-corrected chi connectivity index (χ0v) is 16.1. The summed E-state index contributed by atoms with van der Waals surface area (Å²) in [5, 5.41) is 12.7. The molecule has 9 heteroatoms. The van der Waals surface area contributed by atoms with Crippen molar-refractivity contribution in [3.8, 4) is 0 Å². The molecule has 2 amide bonds. The van der Waals surface area contributed by atoms with Crippen molar-refractivity contribution in [1.29, 1.82) is 5.41 Å². The predicted molar refractivity (Wildman–Crippen MR) is 101 cm³/mol. The molecule has 0 atom stereocenters. The van der Waals surface area contributed by atoms with Crippen LogP contribution in [0.25, 0.3) is 0 Å². The normalized spacial score (nSPS) is 14.6. The Kier molecular flexibility index (Phi) is 6.24. The molecule has 27 heavy (non-hydrogen) atoms. The number of hydrogen-bond acceptors (Lipinski definition) is 4. The number of ether oxygens (including phenoxy) is 1. The summed E-state index contributed by atoms with van der Waals surface area (Å²) in [7, 11) is 1.57. The lowest BCUT2D eigenvalue weighted by Crippen LogP contribution is -2.51. The molecule has 1 aromatic rings. The predicted octanol–water partition coefficient (Wildman–Crippen LogP) is 2.08. The van der Waals surface area contributed by atoms with E-state index in [-0.39, 0.29) is 11.5 Å². The molecule has 1 fully saturated rings. The van der Waals surface area contributed by atoms with Crippen LogP contribution in [0.1, 0.15) is 31.1 Å². The standard InChI is InChI=1S/C18H26FN5O3/c1-18(2,3)27-17(26)24-9-7-23(8-10-24)15(25)13-6-5-12(11-14(13)19)22-16(20)21-4/h5-6,11H,7-10H2,1-4H3,(H3,20,21,22). The molecule has 0 saturated carbocycles. The van der Waals surface area contributed by atoms with E-state index < -0.39 is 23.4 Å². The van der Waals surface area contributed by atoms with Crippen molar-refractivity contribution in [2.24, 2.45) is 0 Å². The van der Waals surface area contributed by atoms with Crippen LogP contribution in [-0.2, 0) is 4.74 Å². The van der Waals surface area contributed by atoms with Crippen molar-refractivity contribution in [3.05, 3.63) is 29.6 Å². The van der Waals surface area contributed by atoms with E-state index in [4.69, 9.17) is 10.1 Å². The maximum Gasteiger partial charge on any atom is 0.410 e. The number of nitrogens with zero attached hydrogens (tertiary/aromatic N) is 2. The number of hydrogen-bond donors (Lipinski definition) is 3. The number of halogens is 1. The highest BCUT2D eigenvalue weighted by atomic mass is 19.1. The molecule has 0 aliphatic carbocycles. The minimum Gasteiger partial charge on any atom is -0.444 e. The smallest absolute Gasteiger partial charge is 0.410 e. The van der Waals surface area contributed by atoms with E-state index in [0.717, 1.165) is 0 Å². The summed E-state index contributed by atoms with van der Waals surface area (Å²) in [4.78, 5) is 27.7. The first-order valence-corrected chi connectivity index (χ1v) is 8.71. The topological polar surface area (TPSA) is 97.8 Å². The van der Waals surface area contributed by atoms with Crippen LogP contribution < -0.4 is 10.6 Å². The van der Waals surface area contributed by atoms with Gasteiger partial charge in [0.15, 0.2) is 5.96 Å². The van der Waals surface area contributed by atoms with Gasteiger partial charge in [-0.05, 0) is 39.0 Å². The monoisotopic (exact) mass is 379 g/mol. The minimum absolute atomic E-state index is 0.0201. The van der Waals surface area contributed by atoms with E-state index in [1.807, 2.05) is 0 Å². The number of rotatable bonds is 2. The molecule has 3 N–H and O–H groups in total. The molecule has 1 aromatic carbocycles. The highest BCUT2D eigenvalue weighted by Crippen LogP contribution is 2.18. The summed E-state index contributed by atoms with van der Waals surface area (Å²) in [6.45, 7) is 6.67. The quantitative estimate of drug-likeness (QED) is 0.540. The second-order valence-electron chi connectivity index (χ2n) is 7.20. The molecular weight excluding hydrogens is 353 g/mol. The van der Waals surface area contributed by atoms with Crippen LogP contribution >= 0.6 is 0 Å². The van der Waals surface area contributed by atoms with Crippen LogP contribution in [0.4, 0.5) is 14.9 Å². The lowest BCUT2D eigenvalue weighted by molar-refractivity contribution is 0.0140. The van der Waals surface area contributed by atoms with Crippen LogP contribution in [0.2, 0.25) is 0 Å². The fourth-order valence-electron chi connectivity index (χ4n) is 2.56. The molecule has 8 nitrogen and oxygen atoms in total. The lowest BCUT2D eigenvalue weighted by atomic mass is 10.1. The molecule has 2 rings (SSSR count). The molecule has 0 aromatic heterocycles. The number of piperazine rings is 1. The molecular formula is C18H26FN5O3. The van der Waals surface area contributed by atoms with Gasteiger partial charge in [-0.2, -0.15) is 0 Å². The van der Waals surface area contributed by atoms with Crippen molar-refractivity contribution in [2.75, 3.05) is 38.5 Å². The van der Waals surface area contributed by atoms with Gasteiger partial charge in [0, 0.05) is 38.9 Å². The third-order valence-corrected chi connectivity index (χ3v) is 3.94. The number of anilines is 1. The van der Waals surface area contributed by atoms with Crippen molar-refractivity contribution >= 4 is 23.6 Å². The average Bonchev–Trinajstić information content (AvgIpc) is 2.60. The van der Waals surface area contributed by atoms with E-state index in [0.29, 0.717) is 31.9 Å². The summed E-state index contributed by atoms with van der Waals surface area (Å²) in [6.07, 6.45) is -0.414. The highest BCUT2D eigenvalue weighted by molar-refractivity contribution is 5.96. The first-order chi connectivity index (χ1) is 12.6. The Labute approximate surface area is 158 Å². The summed E-state index contributed by atoms with van der Waals surface area (Å²) in [6, 6.07) is 4.11. The van der Waals surface area contributed by atoms with E-state index >= 15 is 0 Å². The number of benzene rings is 1. The molecule has 1 heterocycles. The average molecular weight is 379 g/mol. The van der Waals surface area contributed by atoms with Gasteiger partial charge in [0.05, 0.1) is 5.56 Å². The Bertz CT molecular complexity index is 724. The van der Waals surface area contributed by atoms with Crippen molar-refractivity contribution in [2.45, 2.75) is 26.4 Å². The van der Waals surface area contributed by atoms with E-state index in [1.165, 1.54) is 17.0 Å². The second-order valence-corrected chi connectivity index (χ2v) is 7.20. The molecule has 1 aliphatic rings. The van der Waals surface area contributed by atoms with E-state index in [1.54, 1.807) is 38.8 Å². The minimum atomic E-state index is -0.663. The van der Waals surface area contributed by atoms with Gasteiger partial charge in [0.2, 0.25) is 0 Å². The molecule has 0 spiro atoms. The van der Waals surface area contributed by atoms with Crippen LogP contribution in [0.15, 0.2) is 18.2 Å². The Balaban J connectivity index is 1.97. The van der Waals surface area contributed by atoms with Gasteiger partial charge in [0.1, 0.15) is 11.4 Å². The second kappa shape index (κ2) is 8.24. The molecule has 0 unspecified atom stereocenters. The van der Waals surface area contributed by atoms with Crippen LogP contribution in [0.3, 0.4) is 0 Å². The lowest BCUT2D eigenvalue weighted by Gasteiger charge is -2.35. The fourth-order valence-corrected chi connectivity index (χ4v) is 2.56. The maximum atomic E-state index is 14.3. The Morgan fingerprint density at radius 3 is 2.26 bits per heavy atom. The van der Waals surface area contributed by atoms with E-state index in [2.05, 4.69) is 10.6 Å². The van der Waals surface area contributed by atoms with Gasteiger partial charge in [-0.1, -0.05) is 0 Å². The maximum absolute atomic E-state index is 14.3. The Morgan fingerprint density at radius 1 is 1.15 bits per heavy atom. The van der Waals surface area contributed by atoms with Gasteiger partial charge in [-0.15, -0.1) is 0 Å². The third kappa shape index (κ3) is 5.57. The number of guanidine groups is 1. The van der Waals surface area contributed by atoms with Gasteiger partial charge in [0.25, 0.3) is 5.91 Å². The number of amides is 2. The molecule has 1 aliphatic heterocycles. The zero-order valence-electron chi connectivity index (χ0n) is 16.1. The Morgan fingerprint density at radius 2 is 1.74 bits per heavy atom. The first-order valence-electron chi connectivity index (χ1n) is 8.71. The summed E-state index contributed by atoms with van der Waals surface area (Å²) < 4.78 is 19.7. The largest absolute Gasteiger partial charge is 0.444 e. The van der Waals surface area contributed by atoms with Gasteiger partial charge in [-0.3, -0.25) is 10.2 Å². The number of carbonyl (C=O) groups is 2. The fraction of sp³-hybridized carbons (Fsp3) is 0.500. The zero-order chi connectivity index (χ0) is 20.2. The van der Waals surface area contributed by atoms with Gasteiger partial charge < -0.3 is 25.2 Å². The summed E-state index contributed by atoms with van der Waals surface area (Å²) in [5.41, 5.74) is -0.243. The van der Waals surface area contributed by atoms with Crippen molar-refractivity contribution in [3.63, 3.8) is 0 Å². The highest BCUT2D eigenvalue weighted by Gasteiger charge is 2.29. The summed E-state index contributed by atoms with van der Waals surface area (Å²) in [5.74, 6) is -1.07. The first kappa shape index (κ1) is 20.5. The third-order valence-electron chi connectivity index (χ3n) is 3.94. The molecule has 0 radical (unpaired) electrons. The van der Waals surface area contributed by atoms with Crippen LogP contribution in [0, 0.1) is 11.2 Å². The summed E-state index contributed by atoms with van der Waals surface area (Å²) >= 11 is 0. The van der Waals surface area contributed by atoms with Gasteiger partial charge >= 0.3 is 6.09 Å². The molecule has 148 valence electrons. The molecule has 0 bridgehead atoms. The van der Waals surface area contributed by atoms with Crippen LogP contribution in [-0.4, -0.2) is 66.6 Å².